The molecule has 0 aliphatic heterocycles. The van der Waals surface area contributed by atoms with Crippen LogP contribution < -0.4 is 0 Å². The summed E-state index contributed by atoms with van der Waals surface area (Å²) < 4.78 is 0. The monoisotopic (exact) mass is 275 g/mol. The molecule has 0 aromatic heterocycles. The fourth-order valence-corrected chi connectivity index (χ4v) is 2.88. The van der Waals surface area contributed by atoms with E-state index in [4.69, 9.17) is 5.11 Å². The topological polar surface area (TPSA) is 57.6 Å². The molecule has 4 nitrogen and oxygen atoms in total. The number of carbonyl (C=O) groups excluding carboxylic acids is 1. The number of carboxylic acid groups (broad SMARTS) is 1. The number of aromatic carboxylic acids is 1. The van der Waals surface area contributed by atoms with E-state index in [9.17, 15) is 9.59 Å². The molecule has 1 aliphatic carbocycles. The molecule has 2 rings (SSSR count). The Hall–Kier alpha value is -1.84. The maximum absolute atomic E-state index is 12.5. The molecular formula is C16H21NO3. The number of hydrogen-bond donors (Lipinski definition) is 1. The molecule has 1 aromatic carbocycles. The number of benzene rings is 1. The SMILES string of the molecule is CCN(C(=O)c1ccc(C(=O)O)cc1)C1CCCCC1. The third kappa shape index (κ3) is 3.18. The molecule has 1 fully saturated rings. The second kappa shape index (κ2) is 6.55. The van der Waals surface area contributed by atoms with Crippen molar-refractivity contribution in [3.05, 3.63) is 35.4 Å². The number of carbonyl (C=O) groups is 2. The summed E-state index contributed by atoms with van der Waals surface area (Å²) in [6.45, 7) is 2.70. The van der Waals surface area contributed by atoms with E-state index in [1.165, 1.54) is 31.4 Å². The van der Waals surface area contributed by atoms with E-state index in [0.717, 1.165) is 12.8 Å². The second-order valence-corrected chi connectivity index (χ2v) is 5.27. The van der Waals surface area contributed by atoms with Crippen LogP contribution in [0, 0.1) is 0 Å². The van der Waals surface area contributed by atoms with Gasteiger partial charge in [-0.2, -0.15) is 0 Å². The third-order valence-electron chi connectivity index (χ3n) is 4.00. The normalized spacial score (nSPS) is 15.8. The molecule has 0 atom stereocenters. The van der Waals surface area contributed by atoms with Crippen molar-refractivity contribution in [3.63, 3.8) is 0 Å². The molecule has 1 N–H and O–H groups in total. The van der Waals surface area contributed by atoms with Crippen molar-refractivity contribution < 1.29 is 14.7 Å². The van der Waals surface area contributed by atoms with Crippen LogP contribution in [-0.4, -0.2) is 34.5 Å². The molecule has 20 heavy (non-hydrogen) atoms. The first-order valence-electron chi connectivity index (χ1n) is 7.27. The zero-order chi connectivity index (χ0) is 14.5. The van der Waals surface area contributed by atoms with Gasteiger partial charge in [0.15, 0.2) is 0 Å². The summed E-state index contributed by atoms with van der Waals surface area (Å²) in [5.41, 5.74) is 0.782. The Morgan fingerprint density at radius 2 is 1.65 bits per heavy atom. The standard InChI is InChI=1S/C16H21NO3/c1-2-17(14-6-4-3-5-7-14)15(18)12-8-10-13(11-9-12)16(19)20/h8-11,14H,2-7H2,1H3,(H,19,20). The predicted molar refractivity (Wildman–Crippen MR) is 77.0 cm³/mol. The maximum Gasteiger partial charge on any atom is 0.335 e. The van der Waals surface area contributed by atoms with E-state index in [-0.39, 0.29) is 11.5 Å². The van der Waals surface area contributed by atoms with Crippen molar-refractivity contribution in [2.45, 2.75) is 45.1 Å². The number of carboxylic acids is 1. The lowest BCUT2D eigenvalue weighted by Crippen LogP contribution is -2.41. The fraction of sp³-hybridized carbons (Fsp3) is 0.500. The van der Waals surface area contributed by atoms with Gasteiger partial charge in [-0.3, -0.25) is 4.79 Å². The molecule has 0 saturated heterocycles. The van der Waals surface area contributed by atoms with Crippen LogP contribution in [-0.2, 0) is 0 Å². The van der Waals surface area contributed by atoms with Gasteiger partial charge in [-0.05, 0) is 44.0 Å². The van der Waals surface area contributed by atoms with E-state index in [0.29, 0.717) is 18.2 Å². The highest BCUT2D eigenvalue weighted by molar-refractivity contribution is 5.96. The van der Waals surface area contributed by atoms with Gasteiger partial charge in [-0.15, -0.1) is 0 Å². The average molecular weight is 275 g/mol. The molecule has 0 spiro atoms. The number of amides is 1. The van der Waals surface area contributed by atoms with Crippen molar-refractivity contribution in [2.24, 2.45) is 0 Å². The van der Waals surface area contributed by atoms with Gasteiger partial charge in [0.05, 0.1) is 5.56 Å². The zero-order valence-corrected chi connectivity index (χ0v) is 11.8. The van der Waals surface area contributed by atoms with Crippen LogP contribution >= 0.6 is 0 Å². The first kappa shape index (κ1) is 14.6. The molecule has 0 unspecified atom stereocenters. The molecule has 1 aliphatic rings. The first-order valence-corrected chi connectivity index (χ1v) is 7.27. The summed E-state index contributed by atoms with van der Waals surface area (Å²) in [5.74, 6) is -0.958. The molecule has 1 aromatic rings. The smallest absolute Gasteiger partial charge is 0.335 e. The van der Waals surface area contributed by atoms with Gasteiger partial charge in [0, 0.05) is 18.2 Å². The van der Waals surface area contributed by atoms with Crippen molar-refractivity contribution in [3.8, 4) is 0 Å². The Kier molecular flexibility index (Phi) is 4.77. The van der Waals surface area contributed by atoms with Gasteiger partial charge in [0.25, 0.3) is 5.91 Å². The maximum atomic E-state index is 12.5. The summed E-state index contributed by atoms with van der Waals surface area (Å²) in [4.78, 5) is 25.3. The van der Waals surface area contributed by atoms with Gasteiger partial charge >= 0.3 is 5.97 Å². The highest BCUT2D eigenvalue weighted by atomic mass is 16.4. The molecule has 108 valence electrons. The van der Waals surface area contributed by atoms with Gasteiger partial charge in [-0.25, -0.2) is 4.79 Å². The zero-order valence-electron chi connectivity index (χ0n) is 11.8. The van der Waals surface area contributed by atoms with E-state index >= 15 is 0 Å². The van der Waals surface area contributed by atoms with Crippen LogP contribution in [0.4, 0.5) is 0 Å². The minimum atomic E-state index is -0.969. The minimum Gasteiger partial charge on any atom is -0.478 e. The van der Waals surface area contributed by atoms with Crippen LogP contribution in [0.15, 0.2) is 24.3 Å². The van der Waals surface area contributed by atoms with E-state index < -0.39 is 5.97 Å². The molecule has 4 heteroatoms. The lowest BCUT2D eigenvalue weighted by atomic mass is 9.93. The summed E-state index contributed by atoms with van der Waals surface area (Å²) in [7, 11) is 0. The van der Waals surface area contributed by atoms with Gasteiger partial charge in [0.1, 0.15) is 0 Å². The summed E-state index contributed by atoms with van der Waals surface area (Å²) in [6.07, 6.45) is 5.79. The van der Waals surface area contributed by atoms with Crippen molar-refractivity contribution in [1.82, 2.24) is 4.90 Å². The Morgan fingerprint density at radius 3 is 2.15 bits per heavy atom. The molecular weight excluding hydrogens is 254 g/mol. The summed E-state index contributed by atoms with van der Waals surface area (Å²) >= 11 is 0. The van der Waals surface area contributed by atoms with E-state index in [2.05, 4.69) is 0 Å². The lowest BCUT2D eigenvalue weighted by Gasteiger charge is -2.33. The van der Waals surface area contributed by atoms with Crippen LogP contribution in [0.25, 0.3) is 0 Å². The quantitative estimate of drug-likeness (QED) is 0.918. The Labute approximate surface area is 119 Å². The van der Waals surface area contributed by atoms with Crippen molar-refractivity contribution in [1.29, 1.82) is 0 Å². The van der Waals surface area contributed by atoms with Crippen LogP contribution in [0.1, 0.15) is 59.7 Å². The average Bonchev–Trinajstić information content (AvgIpc) is 2.49. The third-order valence-corrected chi connectivity index (χ3v) is 4.00. The van der Waals surface area contributed by atoms with Crippen molar-refractivity contribution in [2.75, 3.05) is 6.54 Å². The molecule has 1 saturated carbocycles. The number of nitrogens with zero attached hydrogens (tertiary/aromatic N) is 1. The largest absolute Gasteiger partial charge is 0.478 e. The first-order chi connectivity index (χ1) is 9.63. The Morgan fingerprint density at radius 1 is 1.10 bits per heavy atom. The Bertz CT molecular complexity index is 475. The fourth-order valence-electron chi connectivity index (χ4n) is 2.88. The molecule has 1 amide bonds. The number of rotatable bonds is 4. The highest BCUT2D eigenvalue weighted by Crippen LogP contribution is 2.24. The highest BCUT2D eigenvalue weighted by Gasteiger charge is 2.24. The van der Waals surface area contributed by atoms with E-state index in [1.807, 2.05) is 11.8 Å². The minimum absolute atomic E-state index is 0.0105. The Balaban J connectivity index is 2.13. The molecule has 0 radical (unpaired) electrons. The van der Waals surface area contributed by atoms with E-state index in [1.54, 1.807) is 12.1 Å². The van der Waals surface area contributed by atoms with Crippen LogP contribution in [0.2, 0.25) is 0 Å². The molecule has 0 heterocycles. The summed E-state index contributed by atoms with van der Waals surface area (Å²) in [6, 6.07) is 6.53. The number of hydrogen-bond acceptors (Lipinski definition) is 2. The second-order valence-electron chi connectivity index (χ2n) is 5.27. The predicted octanol–water partition coefficient (Wildman–Crippen LogP) is 3.18. The van der Waals surface area contributed by atoms with Crippen LogP contribution in [0.5, 0.6) is 0 Å². The van der Waals surface area contributed by atoms with Crippen molar-refractivity contribution >= 4 is 11.9 Å². The van der Waals surface area contributed by atoms with Gasteiger partial charge in [0.2, 0.25) is 0 Å². The van der Waals surface area contributed by atoms with Gasteiger partial charge in [-0.1, -0.05) is 19.3 Å². The van der Waals surface area contributed by atoms with Crippen LogP contribution in [0.3, 0.4) is 0 Å². The van der Waals surface area contributed by atoms with Gasteiger partial charge < -0.3 is 10.0 Å². The lowest BCUT2D eigenvalue weighted by molar-refractivity contribution is 0.0644. The summed E-state index contributed by atoms with van der Waals surface area (Å²) in [5, 5.41) is 8.88. The molecule has 0 bridgehead atoms.